The van der Waals surface area contributed by atoms with E-state index in [0.29, 0.717) is 22.7 Å². The Morgan fingerprint density at radius 1 is 1.08 bits per heavy atom. The fourth-order valence-electron chi connectivity index (χ4n) is 2.05. The van der Waals surface area contributed by atoms with Crippen molar-refractivity contribution in [1.29, 1.82) is 0 Å². The van der Waals surface area contributed by atoms with Crippen molar-refractivity contribution in [2.75, 3.05) is 19.5 Å². The molecular formula is C18H19N3O5. The third kappa shape index (κ3) is 5.23. The first-order valence-corrected chi connectivity index (χ1v) is 7.65. The number of phenols is 1. The second kappa shape index (κ2) is 9.07. The van der Waals surface area contributed by atoms with E-state index in [1.165, 1.54) is 13.3 Å². The monoisotopic (exact) mass is 357 g/mol. The van der Waals surface area contributed by atoms with Gasteiger partial charge in [-0.2, -0.15) is 5.10 Å². The maximum Gasteiger partial charge on any atom is 0.249 e. The first kappa shape index (κ1) is 18.8. The van der Waals surface area contributed by atoms with Crippen molar-refractivity contribution in [3.63, 3.8) is 0 Å². The lowest BCUT2D eigenvalue weighted by Crippen LogP contribution is -2.24. The number of amides is 2. The minimum atomic E-state index is -0.588. The van der Waals surface area contributed by atoms with Crippen LogP contribution in [-0.4, -0.2) is 37.4 Å². The normalized spacial score (nSPS) is 10.4. The number of phenolic OH excluding ortho intramolecular Hbond substituents is 1. The van der Waals surface area contributed by atoms with Gasteiger partial charge in [-0.15, -0.1) is 0 Å². The van der Waals surface area contributed by atoms with Crippen molar-refractivity contribution in [2.24, 2.45) is 5.10 Å². The molecule has 0 radical (unpaired) electrons. The Bertz CT molecular complexity index is 803. The van der Waals surface area contributed by atoms with Crippen LogP contribution in [0.3, 0.4) is 0 Å². The molecule has 0 aromatic heterocycles. The van der Waals surface area contributed by atoms with Crippen LogP contribution in [0, 0.1) is 0 Å². The van der Waals surface area contributed by atoms with Crippen LogP contribution in [0.5, 0.6) is 17.2 Å². The summed E-state index contributed by atoms with van der Waals surface area (Å²) in [4.78, 5) is 23.6. The molecule has 8 nitrogen and oxygen atoms in total. The topological polar surface area (TPSA) is 109 Å². The Balaban J connectivity index is 1.85. The Kier molecular flexibility index (Phi) is 6.55. The zero-order valence-corrected chi connectivity index (χ0v) is 14.4. The summed E-state index contributed by atoms with van der Waals surface area (Å²) in [6.07, 6.45) is 0.866. The van der Waals surface area contributed by atoms with Gasteiger partial charge in [-0.1, -0.05) is 6.07 Å². The molecular weight excluding hydrogens is 338 g/mol. The van der Waals surface area contributed by atoms with E-state index in [1.54, 1.807) is 49.6 Å². The molecule has 2 aromatic rings. The van der Waals surface area contributed by atoms with Crippen molar-refractivity contribution >= 4 is 23.7 Å². The number of carbonyl (C=O) groups excluding carboxylic acids is 2. The van der Waals surface area contributed by atoms with Gasteiger partial charge in [-0.25, -0.2) is 5.43 Å². The molecule has 2 aromatic carbocycles. The van der Waals surface area contributed by atoms with Crippen LogP contribution in [-0.2, 0) is 9.59 Å². The standard InChI is InChI=1S/C18H19N3O5/c1-25-14-8-6-13(7-9-14)20-16(22)10-17(23)21-19-11-12-4-3-5-15(26-2)18(12)24/h3-9,11,24H,10H2,1-2H3,(H,20,22)(H,21,23)/b19-11+. The molecule has 3 N–H and O–H groups in total. The minimum absolute atomic E-state index is 0.0924. The molecule has 0 saturated carbocycles. The van der Waals surface area contributed by atoms with Crippen LogP contribution in [0.2, 0.25) is 0 Å². The van der Waals surface area contributed by atoms with Crippen LogP contribution in [0.15, 0.2) is 47.6 Å². The number of ether oxygens (including phenoxy) is 2. The van der Waals surface area contributed by atoms with Gasteiger partial charge in [0, 0.05) is 11.3 Å². The highest BCUT2D eigenvalue weighted by molar-refractivity contribution is 6.03. The molecule has 2 amide bonds. The van der Waals surface area contributed by atoms with E-state index in [0.717, 1.165) is 0 Å². The minimum Gasteiger partial charge on any atom is -0.504 e. The first-order valence-electron chi connectivity index (χ1n) is 7.65. The SMILES string of the molecule is COc1ccc(NC(=O)CC(=O)N/N=C/c2cccc(OC)c2O)cc1. The van der Waals surface area contributed by atoms with Gasteiger partial charge in [0.1, 0.15) is 12.2 Å². The highest BCUT2D eigenvalue weighted by Gasteiger charge is 2.09. The predicted molar refractivity (Wildman–Crippen MR) is 96.6 cm³/mol. The fraction of sp³-hybridized carbons (Fsp3) is 0.167. The zero-order valence-electron chi connectivity index (χ0n) is 14.4. The van der Waals surface area contributed by atoms with E-state index in [1.807, 2.05) is 0 Å². The van der Waals surface area contributed by atoms with Gasteiger partial charge >= 0.3 is 0 Å². The maximum absolute atomic E-state index is 11.8. The number of nitrogens with zero attached hydrogens (tertiary/aromatic N) is 1. The van der Waals surface area contributed by atoms with Crippen molar-refractivity contribution in [3.05, 3.63) is 48.0 Å². The van der Waals surface area contributed by atoms with E-state index in [-0.39, 0.29) is 5.75 Å². The molecule has 2 rings (SSSR count). The molecule has 136 valence electrons. The molecule has 8 heteroatoms. The Hall–Kier alpha value is -3.55. The second-order valence-corrected chi connectivity index (χ2v) is 5.14. The summed E-state index contributed by atoms with van der Waals surface area (Å²) in [5, 5.41) is 16.2. The lowest BCUT2D eigenvalue weighted by Gasteiger charge is -2.06. The lowest BCUT2D eigenvalue weighted by atomic mass is 10.2. The summed E-state index contributed by atoms with van der Waals surface area (Å²) in [5.41, 5.74) is 3.15. The van der Waals surface area contributed by atoms with E-state index >= 15 is 0 Å². The van der Waals surface area contributed by atoms with Crippen LogP contribution in [0.25, 0.3) is 0 Å². The number of anilines is 1. The molecule has 0 unspecified atom stereocenters. The second-order valence-electron chi connectivity index (χ2n) is 5.14. The highest BCUT2D eigenvalue weighted by atomic mass is 16.5. The fourth-order valence-corrected chi connectivity index (χ4v) is 2.05. The summed E-state index contributed by atoms with van der Waals surface area (Å²) < 4.78 is 10.0. The third-order valence-corrected chi connectivity index (χ3v) is 3.34. The molecule has 0 aliphatic carbocycles. The largest absolute Gasteiger partial charge is 0.504 e. The smallest absolute Gasteiger partial charge is 0.249 e. The predicted octanol–water partition coefficient (Wildman–Crippen LogP) is 1.89. The average molecular weight is 357 g/mol. The molecule has 26 heavy (non-hydrogen) atoms. The number of carbonyl (C=O) groups is 2. The van der Waals surface area contributed by atoms with Crippen molar-refractivity contribution in [1.82, 2.24) is 5.43 Å². The molecule has 0 atom stereocenters. The van der Waals surface area contributed by atoms with Gasteiger partial charge in [-0.05, 0) is 36.4 Å². The molecule has 0 saturated heterocycles. The molecule has 0 aliphatic heterocycles. The number of hydrazone groups is 1. The van der Waals surface area contributed by atoms with Gasteiger partial charge in [0.25, 0.3) is 0 Å². The summed E-state index contributed by atoms with van der Waals surface area (Å²) >= 11 is 0. The van der Waals surface area contributed by atoms with Crippen LogP contribution < -0.4 is 20.2 Å². The van der Waals surface area contributed by atoms with Gasteiger partial charge in [0.05, 0.1) is 20.4 Å². The Morgan fingerprint density at radius 2 is 1.81 bits per heavy atom. The number of aromatic hydroxyl groups is 1. The molecule has 0 spiro atoms. The van der Waals surface area contributed by atoms with E-state index in [2.05, 4.69) is 15.8 Å². The quantitative estimate of drug-likeness (QED) is 0.398. The van der Waals surface area contributed by atoms with Gasteiger partial charge in [-0.3, -0.25) is 9.59 Å². The number of rotatable bonds is 7. The average Bonchev–Trinajstić information content (AvgIpc) is 2.63. The molecule has 0 heterocycles. The van der Waals surface area contributed by atoms with Gasteiger partial charge < -0.3 is 19.9 Å². The third-order valence-electron chi connectivity index (χ3n) is 3.34. The van der Waals surface area contributed by atoms with Crippen LogP contribution in [0.1, 0.15) is 12.0 Å². The number of benzene rings is 2. The number of methoxy groups -OCH3 is 2. The van der Waals surface area contributed by atoms with Gasteiger partial charge in [0.15, 0.2) is 11.5 Å². The summed E-state index contributed by atoms with van der Waals surface area (Å²) in [7, 11) is 2.98. The zero-order chi connectivity index (χ0) is 18.9. The van der Waals surface area contributed by atoms with E-state index < -0.39 is 18.2 Å². The number of hydrogen-bond acceptors (Lipinski definition) is 6. The number of nitrogens with one attached hydrogen (secondary N) is 2. The van der Waals surface area contributed by atoms with Gasteiger partial charge in [0.2, 0.25) is 11.8 Å². The summed E-state index contributed by atoms with van der Waals surface area (Å²) in [6.45, 7) is 0. The van der Waals surface area contributed by atoms with E-state index in [9.17, 15) is 14.7 Å². The number of hydrogen-bond donors (Lipinski definition) is 3. The lowest BCUT2D eigenvalue weighted by molar-refractivity contribution is -0.126. The Labute approximate surface area is 150 Å². The van der Waals surface area contributed by atoms with Crippen LogP contribution in [0.4, 0.5) is 5.69 Å². The highest BCUT2D eigenvalue weighted by Crippen LogP contribution is 2.27. The first-order chi connectivity index (χ1) is 12.5. The van der Waals surface area contributed by atoms with E-state index in [4.69, 9.17) is 9.47 Å². The summed E-state index contributed by atoms with van der Waals surface area (Å²) in [5.74, 6) is -0.206. The Morgan fingerprint density at radius 3 is 2.46 bits per heavy atom. The molecule has 0 bridgehead atoms. The van der Waals surface area contributed by atoms with Crippen molar-refractivity contribution in [3.8, 4) is 17.2 Å². The maximum atomic E-state index is 11.8. The molecule has 0 aliphatic rings. The van der Waals surface area contributed by atoms with Crippen molar-refractivity contribution in [2.45, 2.75) is 6.42 Å². The molecule has 0 fully saturated rings. The summed E-state index contributed by atoms with van der Waals surface area (Å²) in [6, 6.07) is 11.6. The number of para-hydroxylation sites is 1. The van der Waals surface area contributed by atoms with Crippen LogP contribution >= 0.6 is 0 Å². The van der Waals surface area contributed by atoms with Crippen molar-refractivity contribution < 1.29 is 24.2 Å².